The first-order valence-corrected chi connectivity index (χ1v) is 7.02. The summed E-state index contributed by atoms with van der Waals surface area (Å²) < 4.78 is 0. The van der Waals surface area contributed by atoms with Crippen LogP contribution in [0.1, 0.15) is 37.7 Å². The van der Waals surface area contributed by atoms with Crippen LogP contribution in [0.25, 0.3) is 0 Å². The third-order valence-corrected chi connectivity index (χ3v) is 4.28. The van der Waals surface area contributed by atoms with Crippen LogP contribution in [0.5, 0.6) is 0 Å². The zero-order valence-corrected chi connectivity index (χ0v) is 11.4. The van der Waals surface area contributed by atoms with Crippen LogP contribution >= 0.6 is 11.6 Å². The molecule has 1 aliphatic carbocycles. The van der Waals surface area contributed by atoms with Crippen LogP contribution in [0.15, 0.2) is 24.3 Å². The van der Waals surface area contributed by atoms with Gasteiger partial charge in [-0.25, -0.2) is 0 Å². The van der Waals surface area contributed by atoms with Crippen molar-refractivity contribution in [3.63, 3.8) is 0 Å². The minimum Gasteiger partial charge on any atom is -0.329 e. The van der Waals surface area contributed by atoms with Gasteiger partial charge in [0.25, 0.3) is 0 Å². The molecule has 1 aromatic carbocycles. The molecule has 18 heavy (non-hydrogen) atoms. The van der Waals surface area contributed by atoms with Crippen molar-refractivity contribution in [1.29, 1.82) is 0 Å². The summed E-state index contributed by atoms with van der Waals surface area (Å²) in [5, 5.41) is 0.686. The molecule has 0 unspecified atom stereocenters. The molecule has 0 spiro atoms. The molecule has 2 rings (SSSR count). The van der Waals surface area contributed by atoms with Crippen LogP contribution in [0.2, 0.25) is 5.02 Å². The fourth-order valence-corrected chi connectivity index (χ4v) is 3.06. The van der Waals surface area contributed by atoms with Gasteiger partial charge in [-0.1, -0.05) is 43.0 Å². The number of ketones is 1. The lowest BCUT2D eigenvalue weighted by molar-refractivity contribution is -0.129. The quantitative estimate of drug-likeness (QED) is 0.907. The van der Waals surface area contributed by atoms with E-state index in [1.807, 2.05) is 24.3 Å². The number of rotatable bonds is 4. The molecule has 0 radical (unpaired) electrons. The molecule has 0 aromatic heterocycles. The van der Waals surface area contributed by atoms with E-state index in [-0.39, 0.29) is 11.2 Å². The van der Waals surface area contributed by atoms with Gasteiger partial charge in [-0.05, 0) is 30.5 Å². The van der Waals surface area contributed by atoms with Gasteiger partial charge in [-0.3, -0.25) is 4.79 Å². The first-order chi connectivity index (χ1) is 8.66. The molecule has 2 N–H and O–H groups in total. The van der Waals surface area contributed by atoms with Crippen molar-refractivity contribution in [3.8, 4) is 0 Å². The van der Waals surface area contributed by atoms with Crippen molar-refractivity contribution in [3.05, 3.63) is 34.9 Å². The van der Waals surface area contributed by atoms with Gasteiger partial charge in [0.1, 0.15) is 5.78 Å². The van der Waals surface area contributed by atoms with E-state index in [0.717, 1.165) is 31.2 Å². The molecule has 0 atom stereocenters. The predicted octanol–water partition coefficient (Wildman–Crippen LogP) is 3.36. The molecule has 0 heterocycles. The molecule has 0 saturated heterocycles. The number of benzene rings is 1. The molecule has 98 valence electrons. The van der Waals surface area contributed by atoms with Crippen LogP contribution in [-0.4, -0.2) is 12.3 Å². The summed E-state index contributed by atoms with van der Waals surface area (Å²) >= 11 is 5.95. The second-order valence-corrected chi connectivity index (χ2v) is 5.71. The van der Waals surface area contributed by atoms with E-state index in [0.29, 0.717) is 18.0 Å². The highest BCUT2D eigenvalue weighted by molar-refractivity contribution is 6.30. The SMILES string of the molecule is NCC1(C(=O)Cc2cccc(Cl)c2)CCCCC1. The maximum Gasteiger partial charge on any atom is 0.144 e. The summed E-state index contributed by atoms with van der Waals surface area (Å²) in [6, 6.07) is 7.54. The molecule has 0 amide bonds. The molecule has 0 bridgehead atoms. The Hall–Kier alpha value is -0.860. The second kappa shape index (κ2) is 5.85. The summed E-state index contributed by atoms with van der Waals surface area (Å²) in [4.78, 5) is 12.5. The van der Waals surface area contributed by atoms with E-state index in [2.05, 4.69) is 0 Å². The number of hydrogen-bond acceptors (Lipinski definition) is 2. The summed E-state index contributed by atoms with van der Waals surface area (Å²) in [5.74, 6) is 0.284. The van der Waals surface area contributed by atoms with Crippen LogP contribution in [0.3, 0.4) is 0 Å². The number of carbonyl (C=O) groups excluding carboxylic acids is 1. The molecule has 3 heteroatoms. The Morgan fingerprint density at radius 1 is 1.28 bits per heavy atom. The van der Waals surface area contributed by atoms with Crippen molar-refractivity contribution in [2.24, 2.45) is 11.1 Å². The number of nitrogens with two attached hydrogens (primary N) is 1. The third kappa shape index (κ3) is 2.93. The van der Waals surface area contributed by atoms with Crippen LogP contribution < -0.4 is 5.73 Å². The van der Waals surface area contributed by atoms with Crippen molar-refractivity contribution in [2.75, 3.05) is 6.54 Å². The fraction of sp³-hybridized carbons (Fsp3) is 0.533. The molecule has 1 aliphatic rings. The first kappa shape index (κ1) is 13.6. The molecule has 1 saturated carbocycles. The van der Waals surface area contributed by atoms with E-state index in [1.165, 1.54) is 6.42 Å². The fourth-order valence-electron chi connectivity index (χ4n) is 2.85. The van der Waals surface area contributed by atoms with E-state index in [4.69, 9.17) is 17.3 Å². The van der Waals surface area contributed by atoms with Crippen LogP contribution in [-0.2, 0) is 11.2 Å². The van der Waals surface area contributed by atoms with Gasteiger partial charge in [0.15, 0.2) is 0 Å². The number of Topliss-reactive ketones (excluding diaryl/α,β-unsaturated/α-hetero) is 1. The summed E-state index contributed by atoms with van der Waals surface area (Å²) in [7, 11) is 0. The van der Waals surface area contributed by atoms with Crippen LogP contribution in [0, 0.1) is 5.41 Å². The highest BCUT2D eigenvalue weighted by atomic mass is 35.5. The molecule has 2 nitrogen and oxygen atoms in total. The highest BCUT2D eigenvalue weighted by Gasteiger charge is 2.37. The number of hydrogen-bond donors (Lipinski definition) is 1. The van der Waals surface area contributed by atoms with Gasteiger partial charge in [0.2, 0.25) is 0 Å². The minimum atomic E-state index is -0.277. The Labute approximate surface area is 114 Å². The molecule has 1 fully saturated rings. The second-order valence-electron chi connectivity index (χ2n) is 5.27. The lowest BCUT2D eigenvalue weighted by atomic mass is 9.70. The van der Waals surface area contributed by atoms with Gasteiger partial charge >= 0.3 is 0 Å². The van der Waals surface area contributed by atoms with E-state index >= 15 is 0 Å². The Bertz CT molecular complexity index is 424. The normalized spacial score (nSPS) is 18.6. The number of halogens is 1. The van der Waals surface area contributed by atoms with Crippen molar-refractivity contribution in [2.45, 2.75) is 38.5 Å². The van der Waals surface area contributed by atoms with Crippen molar-refractivity contribution >= 4 is 17.4 Å². The Morgan fingerprint density at radius 2 is 2.00 bits per heavy atom. The number of carbonyl (C=O) groups is 1. The summed E-state index contributed by atoms with van der Waals surface area (Å²) in [6.07, 6.45) is 5.83. The lowest BCUT2D eigenvalue weighted by Gasteiger charge is -2.34. The van der Waals surface area contributed by atoms with E-state index in [9.17, 15) is 4.79 Å². The van der Waals surface area contributed by atoms with Crippen LogP contribution in [0.4, 0.5) is 0 Å². The molecule has 1 aromatic rings. The standard InChI is InChI=1S/C15H20ClNO/c16-13-6-4-5-12(9-13)10-14(18)15(11-17)7-2-1-3-8-15/h4-6,9H,1-3,7-8,10-11,17H2. The molecule has 0 aliphatic heterocycles. The molecular formula is C15H20ClNO. The minimum absolute atomic E-state index is 0.277. The largest absolute Gasteiger partial charge is 0.329 e. The Kier molecular flexibility index (Phi) is 4.41. The summed E-state index contributed by atoms with van der Waals surface area (Å²) in [6.45, 7) is 0.479. The van der Waals surface area contributed by atoms with Gasteiger partial charge in [-0.15, -0.1) is 0 Å². The topological polar surface area (TPSA) is 43.1 Å². The van der Waals surface area contributed by atoms with Gasteiger partial charge in [0, 0.05) is 23.4 Å². The Morgan fingerprint density at radius 3 is 2.61 bits per heavy atom. The van der Waals surface area contributed by atoms with Crippen molar-refractivity contribution in [1.82, 2.24) is 0 Å². The van der Waals surface area contributed by atoms with E-state index < -0.39 is 0 Å². The third-order valence-electron chi connectivity index (χ3n) is 4.05. The summed E-state index contributed by atoms with van der Waals surface area (Å²) in [5.41, 5.74) is 6.59. The van der Waals surface area contributed by atoms with Gasteiger partial charge < -0.3 is 5.73 Å². The van der Waals surface area contributed by atoms with E-state index in [1.54, 1.807) is 0 Å². The van der Waals surface area contributed by atoms with Gasteiger partial charge in [-0.2, -0.15) is 0 Å². The average molecular weight is 266 g/mol. The first-order valence-electron chi connectivity index (χ1n) is 6.64. The molecular weight excluding hydrogens is 246 g/mol. The lowest BCUT2D eigenvalue weighted by Crippen LogP contribution is -2.41. The zero-order chi connectivity index (χ0) is 13.0. The van der Waals surface area contributed by atoms with Crippen molar-refractivity contribution < 1.29 is 4.79 Å². The monoisotopic (exact) mass is 265 g/mol. The smallest absolute Gasteiger partial charge is 0.144 e. The van der Waals surface area contributed by atoms with Gasteiger partial charge in [0.05, 0.1) is 0 Å². The highest BCUT2D eigenvalue weighted by Crippen LogP contribution is 2.37. The maximum absolute atomic E-state index is 12.5. The average Bonchev–Trinajstić information content (AvgIpc) is 2.39. The zero-order valence-electron chi connectivity index (χ0n) is 10.6. The maximum atomic E-state index is 12.5. The predicted molar refractivity (Wildman–Crippen MR) is 74.7 cm³/mol. The Balaban J connectivity index is 2.10.